The van der Waals surface area contributed by atoms with Gasteiger partial charge in [-0.1, -0.05) is 18.2 Å². The lowest BCUT2D eigenvalue weighted by Gasteiger charge is -2.32. The fourth-order valence-electron chi connectivity index (χ4n) is 2.85. The molecule has 1 aromatic heterocycles. The van der Waals surface area contributed by atoms with E-state index in [1.54, 1.807) is 18.3 Å². The molecule has 3 rings (SSSR count). The molecule has 24 heavy (non-hydrogen) atoms. The van der Waals surface area contributed by atoms with Crippen molar-refractivity contribution in [2.45, 2.75) is 30.8 Å². The Morgan fingerprint density at radius 3 is 2.88 bits per heavy atom. The molecule has 1 aromatic carbocycles. The van der Waals surface area contributed by atoms with E-state index in [9.17, 15) is 8.42 Å². The molecule has 128 valence electrons. The van der Waals surface area contributed by atoms with Crippen LogP contribution in [0.4, 0.5) is 0 Å². The van der Waals surface area contributed by atoms with Crippen LogP contribution in [0.1, 0.15) is 17.7 Å². The Morgan fingerprint density at radius 2 is 2.12 bits per heavy atom. The van der Waals surface area contributed by atoms with Gasteiger partial charge in [0.25, 0.3) is 0 Å². The van der Waals surface area contributed by atoms with Crippen LogP contribution in [0.25, 0.3) is 0 Å². The number of hydrogen-bond acceptors (Lipinski definition) is 5. The van der Waals surface area contributed by atoms with Gasteiger partial charge in [0.15, 0.2) is 0 Å². The molecule has 0 aliphatic carbocycles. The molecule has 0 amide bonds. The van der Waals surface area contributed by atoms with Crippen molar-refractivity contribution >= 4 is 10.0 Å². The molecule has 1 aliphatic rings. The lowest BCUT2D eigenvalue weighted by molar-refractivity contribution is -0.00539. The number of ether oxygens (including phenoxy) is 1. The fraction of sp³-hybridized carbons (Fsp3) is 0.412. The van der Waals surface area contributed by atoms with Gasteiger partial charge < -0.3 is 4.74 Å². The summed E-state index contributed by atoms with van der Waals surface area (Å²) in [5.74, 6) is 0. The van der Waals surface area contributed by atoms with Crippen LogP contribution < -0.4 is 0 Å². The monoisotopic (exact) mass is 347 g/mol. The van der Waals surface area contributed by atoms with E-state index < -0.39 is 10.0 Å². The van der Waals surface area contributed by atoms with Crippen LogP contribution in [0, 0.1) is 6.92 Å². The van der Waals surface area contributed by atoms with E-state index in [1.807, 2.05) is 25.1 Å². The maximum absolute atomic E-state index is 12.9. The first-order chi connectivity index (χ1) is 11.6. The minimum absolute atomic E-state index is 0.118. The van der Waals surface area contributed by atoms with Crippen molar-refractivity contribution < 1.29 is 13.2 Å². The van der Waals surface area contributed by atoms with Crippen LogP contribution in [-0.2, 0) is 21.2 Å². The highest BCUT2D eigenvalue weighted by atomic mass is 32.2. The van der Waals surface area contributed by atoms with Crippen LogP contribution in [0.2, 0.25) is 0 Å². The zero-order valence-electron chi connectivity index (χ0n) is 13.6. The number of hydrogen-bond donors (Lipinski definition) is 0. The Morgan fingerprint density at radius 1 is 1.29 bits per heavy atom. The zero-order valence-corrected chi connectivity index (χ0v) is 14.4. The van der Waals surface area contributed by atoms with Gasteiger partial charge in [-0.25, -0.2) is 18.4 Å². The second-order valence-electron chi connectivity index (χ2n) is 5.86. The van der Waals surface area contributed by atoms with Gasteiger partial charge in [0, 0.05) is 25.0 Å². The van der Waals surface area contributed by atoms with Crippen molar-refractivity contribution in [2.75, 3.05) is 19.7 Å². The quantitative estimate of drug-likeness (QED) is 0.825. The minimum Gasteiger partial charge on any atom is -0.375 e. The third-order valence-corrected chi connectivity index (χ3v) is 6.20. The Balaban J connectivity index is 1.68. The summed E-state index contributed by atoms with van der Waals surface area (Å²) in [6.07, 6.45) is 4.58. The molecule has 0 bridgehead atoms. The topological polar surface area (TPSA) is 72.4 Å². The molecule has 6 nitrogen and oxygen atoms in total. The smallest absolute Gasteiger partial charge is 0.243 e. The maximum Gasteiger partial charge on any atom is 0.243 e. The summed E-state index contributed by atoms with van der Waals surface area (Å²) >= 11 is 0. The lowest BCUT2D eigenvalue weighted by atomic mass is 10.1. The summed E-state index contributed by atoms with van der Waals surface area (Å²) in [4.78, 5) is 8.46. The maximum atomic E-state index is 12.9. The molecule has 1 saturated heterocycles. The zero-order chi connectivity index (χ0) is 17.0. The van der Waals surface area contributed by atoms with Crippen molar-refractivity contribution in [3.63, 3.8) is 0 Å². The van der Waals surface area contributed by atoms with Gasteiger partial charge in [0.05, 0.1) is 17.6 Å². The largest absolute Gasteiger partial charge is 0.375 e. The van der Waals surface area contributed by atoms with E-state index in [4.69, 9.17) is 4.74 Å². The molecule has 2 heterocycles. The molecule has 2 aromatic rings. The summed E-state index contributed by atoms with van der Waals surface area (Å²) in [5.41, 5.74) is 1.70. The second kappa shape index (κ2) is 7.38. The van der Waals surface area contributed by atoms with Crippen molar-refractivity contribution in [3.8, 4) is 0 Å². The average molecular weight is 347 g/mol. The second-order valence-corrected chi connectivity index (χ2v) is 7.77. The van der Waals surface area contributed by atoms with Crippen LogP contribution >= 0.6 is 0 Å². The average Bonchev–Trinajstić information content (AvgIpc) is 2.61. The molecule has 0 N–H and O–H groups in total. The number of rotatable bonds is 5. The molecule has 1 fully saturated rings. The molecular formula is C17H21N3O3S. The highest BCUT2D eigenvalue weighted by Gasteiger charge is 2.31. The van der Waals surface area contributed by atoms with Gasteiger partial charge in [-0.05, 0) is 37.5 Å². The summed E-state index contributed by atoms with van der Waals surface area (Å²) < 4.78 is 33.0. The normalized spacial score (nSPS) is 19.3. The molecule has 0 unspecified atom stereocenters. The van der Waals surface area contributed by atoms with Crippen molar-refractivity contribution in [1.29, 1.82) is 0 Å². The van der Waals surface area contributed by atoms with Crippen LogP contribution in [0.3, 0.4) is 0 Å². The van der Waals surface area contributed by atoms with Crippen molar-refractivity contribution in [1.82, 2.24) is 14.3 Å². The summed E-state index contributed by atoms with van der Waals surface area (Å²) in [6, 6.07) is 8.95. The number of sulfonamides is 1. The molecule has 0 radical (unpaired) electrons. The first kappa shape index (κ1) is 17.0. The summed E-state index contributed by atoms with van der Waals surface area (Å²) in [7, 11) is -3.48. The van der Waals surface area contributed by atoms with E-state index in [0.717, 1.165) is 24.1 Å². The van der Waals surface area contributed by atoms with Crippen molar-refractivity contribution in [3.05, 3.63) is 54.1 Å². The Labute approximate surface area is 142 Å². The van der Waals surface area contributed by atoms with E-state index in [-0.39, 0.29) is 6.10 Å². The Kier molecular flexibility index (Phi) is 5.23. The number of aromatic nitrogens is 2. The molecular weight excluding hydrogens is 326 g/mol. The lowest BCUT2D eigenvalue weighted by Crippen LogP contribution is -2.45. The van der Waals surface area contributed by atoms with E-state index in [2.05, 4.69) is 9.97 Å². The first-order valence-electron chi connectivity index (χ1n) is 7.99. The highest BCUT2D eigenvalue weighted by Crippen LogP contribution is 2.22. The van der Waals surface area contributed by atoms with Gasteiger partial charge in [0.2, 0.25) is 10.0 Å². The molecule has 1 aliphatic heterocycles. The molecule has 1 atom stereocenters. The summed E-state index contributed by atoms with van der Waals surface area (Å²) in [6.45, 7) is 3.00. The van der Waals surface area contributed by atoms with Gasteiger partial charge in [0.1, 0.15) is 6.33 Å². The number of nitrogens with zero attached hydrogens (tertiary/aromatic N) is 3. The fourth-order valence-corrected chi connectivity index (χ4v) is 4.53. The minimum atomic E-state index is -3.48. The van der Waals surface area contributed by atoms with Gasteiger partial charge in [-0.3, -0.25) is 0 Å². The predicted octanol–water partition coefficient (Wildman–Crippen LogP) is 1.81. The standard InChI is InChI=1S/C17H21N3O3S/c1-14-4-2-3-5-17(14)24(21,22)20-10-11-23-16(12-20)7-6-15-8-9-18-13-19-15/h2-5,8-9,13,16H,6-7,10-12H2,1H3/t16-/m0/s1. The molecule has 0 saturated carbocycles. The van der Waals surface area contributed by atoms with E-state index in [1.165, 1.54) is 10.6 Å². The Bertz CT molecular complexity index is 781. The molecule has 7 heteroatoms. The highest BCUT2D eigenvalue weighted by molar-refractivity contribution is 7.89. The molecule has 0 spiro atoms. The van der Waals surface area contributed by atoms with Crippen LogP contribution in [-0.4, -0.2) is 48.5 Å². The SMILES string of the molecule is Cc1ccccc1S(=O)(=O)N1CCO[C@@H](CCc2ccncn2)C1. The van der Waals surface area contributed by atoms with Crippen LogP contribution in [0.5, 0.6) is 0 Å². The van der Waals surface area contributed by atoms with E-state index >= 15 is 0 Å². The first-order valence-corrected chi connectivity index (χ1v) is 9.43. The van der Waals surface area contributed by atoms with E-state index in [0.29, 0.717) is 24.6 Å². The van der Waals surface area contributed by atoms with Gasteiger partial charge >= 0.3 is 0 Å². The third-order valence-electron chi connectivity index (χ3n) is 4.18. The number of morpholine rings is 1. The van der Waals surface area contributed by atoms with Crippen molar-refractivity contribution in [2.24, 2.45) is 0 Å². The number of aryl methyl sites for hydroxylation is 2. The summed E-state index contributed by atoms with van der Waals surface area (Å²) in [5, 5.41) is 0. The van der Waals surface area contributed by atoms with Gasteiger partial charge in [-0.15, -0.1) is 0 Å². The van der Waals surface area contributed by atoms with Gasteiger partial charge in [-0.2, -0.15) is 4.31 Å². The van der Waals surface area contributed by atoms with Crippen LogP contribution in [0.15, 0.2) is 47.8 Å². The Hall–Kier alpha value is -1.83. The predicted molar refractivity (Wildman–Crippen MR) is 90.0 cm³/mol. The third kappa shape index (κ3) is 3.80. The number of benzene rings is 1.